The summed E-state index contributed by atoms with van der Waals surface area (Å²) in [6, 6.07) is 21.4. The molecule has 0 saturated carbocycles. The van der Waals surface area contributed by atoms with Crippen molar-refractivity contribution in [3.8, 4) is 0 Å². The van der Waals surface area contributed by atoms with Crippen LogP contribution >= 0.6 is 11.8 Å². The van der Waals surface area contributed by atoms with Crippen molar-refractivity contribution in [2.24, 2.45) is 12.8 Å². The Labute approximate surface area is 200 Å². The van der Waals surface area contributed by atoms with Crippen LogP contribution in [0, 0.1) is 5.41 Å². The smallest absolute Gasteiger partial charge is 0.323 e. The lowest BCUT2D eigenvalue weighted by Gasteiger charge is -2.21. The van der Waals surface area contributed by atoms with Gasteiger partial charge in [0, 0.05) is 29.6 Å². The van der Waals surface area contributed by atoms with Gasteiger partial charge in [-0.25, -0.2) is 4.98 Å². The van der Waals surface area contributed by atoms with Crippen molar-refractivity contribution in [3.05, 3.63) is 89.5 Å². The lowest BCUT2D eigenvalue weighted by Crippen LogP contribution is -2.35. The molecule has 1 heterocycles. The number of carboxylic acids is 1. The van der Waals surface area contributed by atoms with E-state index >= 15 is 0 Å². The molecule has 0 saturated heterocycles. The largest absolute Gasteiger partial charge is 0.480 e. The second kappa shape index (κ2) is 9.80. The van der Waals surface area contributed by atoms with Crippen LogP contribution in [-0.2, 0) is 17.6 Å². The molecule has 34 heavy (non-hydrogen) atoms. The maximum Gasteiger partial charge on any atom is 0.323 e. The summed E-state index contributed by atoms with van der Waals surface area (Å²) in [5.41, 5.74) is 9.70. The molecular formula is C25H23N5O3S. The van der Waals surface area contributed by atoms with Crippen LogP contribution in [0.3, 0.4) is 0 Å². The van der Waals surface area contributed by atoms with Gasteiger partial charge in [-0.2, -0.15) is 0 Å². The summed E-state index contributed by atoms with van der Waals surface area (Å²) in [4.78, 5) is 30.5. The average Bonchev–Trinajstić information content (AvgIpc) is 3.16. The molecule has 1 aromatic heterocycles. The molecule has 0 fully saturated rings. The van der Waals surface area contributed by atoms with Crippen molar-refractivity contribution >= 4 is 46.2 Å². The van der Waals surface area contributed by atoms with Gasteiger partial charge >= 0.3 is 5.97 Å². The van der Waals surface area contributed by atoms with Gasteiger partial charge in [0.1, 0.15) is 12.4 Å². The standard InChI is InChI=1S/C25H23N5O3S/c1-29-21-12-11-19(30(14-22(31)32)24(33)18-5-3-2-4-6-18)13-20(21)28-25(29)34-15-16-7-9-17(10-8-16)23(26)27/h2-13H,14-15H2,1H3,(H3,26,27)(H,31,32). The predicted octanol–water partition coefficient (Wildman–Crippen LogP) is 3.88. The predicted molar refractivity (Wildman–Crippen MR) is 133 cm³/mol. The zero-order valence-electron chi connectivity index (χ0n) is 18.4. The van der Waals surface area contributed by atoms with E-state index in [0.717, 1.165) is 16.2 Å². The first-order valence-corrected chi connectivity index (χ1v) is 11.4. The van der Waals surface area contributed by atoms with Crippen molar-refractivity contribution in [2.75, 3.05) is 11.4 Å². The Hall–Kier alpha value is -4.11. The SMILES string of the molecule is Cn1c(SCc2ccc(C(=N)N)cc2)nc2cc(N(CC(=O)O)C(=O)c3ccccc3)ccc21. The monoisotopic (exact) mass is 473 g/mol. The number of anilines is 1. The molecule has 4 N–H and O–H groups in total. The van der Waals surface area contributed by atoms with Crippen LogP contribution in [-0.4, -0.2) is 38.9 Å². The number of nitrogen functional groups attached to an aromatic ring is 1. The number of thioether (sulfide) groups is 1. The molecule has 0 radical (unpaired) electrons. The second-order valence-corrected chi connectivity index (χ2v) is 8.62. The van der Waals surface area contributed by atoms with E-state index < -0.39 is 12.5 Å². The summed E-state index contributed by atoms with van der Waals surface area (Å²) >= 11 is 1.56. The highest BCUT2D eigenvalue weighted by Crippen LogP contribution is 2.29. The molecule has 0 aliphatic heterocycles. The number of hydrogen-bond acceptors (Lipinski definition) is 5. The van der Waals surface area contributed by atoms with Crippen molar-refractivity contribution in [2.45, 2.75) is 10.9 Å². The van der Waals surface area contributed by atoms with E-state index in [4.69, 9.17) is 16.1 Å². The molecule has 9 heteroatoms. The number of imidazole rings is 1. The Morgan fingerprint density at radius 2 is 1.76 bits per heavy atom. The number of benzene rings is 3. The number of aryl methyl sites for hydroxylation is 1. The Morgan fingerprint density at radius 1 is 1.06 bits per heavy atom. The Bertz CT molecular complexity index is 1370. The van der Waals surface area contributed by atoms with Crippen LogP contribution in [0.4, 0.5) is 5.69 Å². The zero-order chi connectivity index (χ0) is 24.2. The first-order chi connectivity index (χ1) is 16.3. The number of aromatic nitrogens is 2. The fourth-order valence-electron chi connectivity index (χ4n) is 3.54. The number of rotatable bonds is 8. The highest BCUT2D eigenvalue weighted by Gasteiger charge is 2.21. The molecule has 0 spiro atoms. The number of carbonyl (C=O) groups is 2. The van der Waals surface area contributed by atoms with E-state index in [-0.39, 0.29) is 11.7 Å². The fraction of sp³-hybridized carbons (Fsp3) is 0.120. The molecule has 4 rings (SSSR count). The van der Waals surface area contributed by atoms with E-state index in [1.54, 1.807) is 54.2 Å². The zero-order valence-corrected chi connectivity index (χ0v) is 19.2. The number of aliphatic carboxylic acids is 1. The van der Waals surface area contributed by atoms with Gasteiger partial charge in [0.15, 0.2) is 5.16 Å². The Kier molecular flexibility index (Phi) is 6.65. The number of carbonyl (C=O) groups excluding carboxylic acids is 1. The van der Waals surface area contributed by atoms with Gasteiger partial charge in [0.2, 0.25) is 0 Å². The van der Waals surface area contributed by atoms with E-state index in [0.29, 0.717) is 28.1 Å². The summed E-state index contributed by atoms with van der Waals surface area (Å²) in [6.45, 7) is -0.454. The summed E-state index contributed by atoms with van der Waals surface area (Å²) in [5, 5.41) is 17.7. The highest BCUT2D eigenvalue weighted by molar-refractivity contribution is 7.98. The summed E-state index contributed by atoms with van der Waals surface area (Å²) in [5.74, 6) is -0.771. The number of fused-ring (bicyclic) bond motifs is 1. The van der Waals surface area contributed by atoms with Crippen LogP contribution in [0.5, 0.6) is 0 Å². The van der Waals surface area contributed by atoms with Crippen LogP contribution in [0.15, 0.2) is 78.0 Å². The first kappa shape index (κ1) is 23.1. The minimum Gasteiger partial charge on any atom is -0.480 e. The summed E-state index contributed by atoms with van der Waals surface area (Å²) < 4.78 is 1.97. The Balaban J connectivity index is 1.59. The normalized spacial score (nSPS) is 10.9. The molecule has 172 valence electrons. The fourth-order valence-corrected chi connectivity index (χ4v) is 4.49. The number of nitrogens with zero attached hydrogens (tertiary/aromatic N) is 3. The van der Waals surface area contributed by atoms with Crippen LogP contribution in [0.1, 0.15) is 21.5 Å². The number of nitrogens with one attached hydrogen (secondary N) is 1. The van der Waals surface area contributed by atoms with Gasteiger partial charge in [-0.1, -0.05) is 54.2 Å². The summed E-state index contributed by atoms with van der Waals surface area (Å²) in [7, 11) is 1.92. The van der Waals surface area contributed by atoms with Gasteiger partial charge in [0.25, 0.3) is 5.91 Å². The van der Waals surface area contributed by atoms with Gasteiger partial charge in [-0.15, -0.1) is 0 Å². The lowest BCUT2D eigenvalue weighted by molar-refractivity contribution is -0.135. The number of amides is 1. The van der Waals surface area contributed by atoms with Gasteiger partial charge in [-0.3, -0.25) is 19.9 Å². The molecule has 0 bridgehead atoms. The van der Waals surface area contributed by atoms with E-state index in [2.05, 4.69) is 0 Å². The molecule has 0 atom stereocenters. The molecule has 3 aromatic carbocycles. The lowest BCUT2D eigenvalue weighted by atomic mass is 10.1. The number of carboxylic acid groups (broad SMARTS) is 1. The van der Waals surface area contributed by atoms with Crippen molar-refractivity contribution in [1.82, 2.24) is 9.55 Å². The van der Waals surface area contributed by atoms with E-state index in [1.165, 1.54) is 4.90 Å². The molecule has 8 nitrogen and oxygen atoms in total. The third-order valence-corrected chi connectivity index (χ3v) is 6.43. The van der Waals surface area contributed by atoms with Crippen molar-refractivity contribution in [3.63, 3.8) is 0 Å². The maximum absolute atomic E-state index is 13.0. The maximum atomic E-state index is 13.0. The first-order valence-electron chi connectivity index (χ1n) is 10.4. The third-order valence-electron chi connectivity index (χ3n) is 5.33. The Morgan fingerprint density at radius 3 is 2.41 bits per heavy atom. The third kappa shape index (κ3) is 4.94. The van der Waals surface area contributed by atoms with Crippen LogP contribution in [0.2, 0.25) is 0 Å². The number of nitrogens with two attached hydrogens (primary N) is 1. The molecule has 0 unspecified atom stereocenters. The minimum atomic E-state index is -1.10. The van der Waals surface area contributed by atoms with Crippen LogP contribution in [0.25, 0.3) is 11.0 Å². The van der Waals surface area contributed by atoms with Crippen LogP contribution < -0.4 is 10.6 Å². The number of hydrogen-bond donors (Lipinski definition) is 3. The molecular weight excluding hydrogens is 450 g/mol. The number of amidine groups is 1. The van der Waals surface area contributed by atoms with E-state index in [1.807, 2.05) is 41.9 Å². The highest BCUT2D eigenvalue weighted by atomic mass is 32.2. The second-order valence-electron chi connectivity index (χ2n) is 7.68. The van der Waals surface area contributed by atoms with Crippen molar-refractivity contribution < 1.29 is 14.7 Å². The molecule has 0 aliphatic rings. The van der Waals surface area contributed by atoms with Gasteiger partial charge in [-0.05, 0) is 35.9 Å². The minimum absolute atomic E-state index is 0.0352. The quantitative estimate of drug-likeness (QED) is 0.203. The average molecular weight is 474 g/mol. The topological polar surface area (TPSA) is 125 Å². The van der Waals surface area contributed by atoms with Crippen molar-refractivity contribution in [1.29, 1.82) is 5.41 Å². The molecule has 1 amide bonds. The van der Waals surface area contributed by atoms with Gasteiger partial charge < -0.3 is 15.4 Å². The summed E-state index contributed by atoms with van der Waals surface area (Å²) in [6.07, 6.45) is 0. The molecule has 0 aliphatic carbocycles. The molecule has 4 aromatic rings. The van der Waals surface area contributed by atoms with Gasteiger partial charge in [0.05, 0.1) is 11.0 Å². The van der Waals surface area contributed by atoms with E-state index in [9.17, 15) is 14.7 Å².